The van der Waals surface area contributed by atoms with Crippen molar-refractivity contribution < 1.29 is 4.79 Å². The van der Waals surface area contributed by atoms with Crippen LogP contribution < -0.4 is 5.56 Å². The summed E-state index contributed by atoms with van der Waals surface area (Å²) in [6.45, 7) is 0.526. The zero-order valence-corrected chi connectivity index (χ0v) is 20.8. The number of hydrogen-bond donors (Lipinski definition) is 0. The Morgan fingerprint density at radius 2 is 1.71 bits per heavy atom. The number of nitrogens with zero attached hydrogens (tertiary/aromatic N) is 4. The van der Waals surface area contributed by atoms with Crippen LogP contribution in [0.3, 0.4) is 0 Å². The van der Waals surface area contributed by atoms with E-state index in [2.05, 4.69) is 22.3 Å². The van der Waals surface area contributed by atoms with Gasteiger partial charge in [-0.05, 0) is 43.2 Å². The number of rotatable bonds is 7. The highest BCUT2D eigenvalue weighted by molar-refractivity contribution is 7.99. The van der Waals surface area contributed by atoms with Gasteiger partial charge in [0.2, 0.25) is 5.78 Å². The zero-order valence-electron chi connectivity index (χ0n) is 19.1. The molecule has 0 saturated carbocycles. The number of carbonyl (C=O) groups excluding carboxylic acids is 1. The summed E-state index contributed by atoms with van der Waals surface area (Å²) in [5, 5.41) is 10.4. The molecule has 3 aromatic heterocycles. The lowest BCUT2D eigenvalue weighted by atomic mass is 9.97. The van der Waals surface area contributed by atoms with Crippen molar-refractivity contribution >= 4 is 44.9 Å². The van der Waals surface area contributed by atoms with Gasteiger partial charge in [-0.1, -0.05) is 72.4 Å². The Hall–Kier alpha value is -3.23. The molecule has 5 aromatic rings. The molecule has 0 N–H and O–H groups in total. The van der Waals surface area contributed by atoms with Crippen molar-refractivity contribution in [1.29, 1.82) is 0 Å². The summed E-state index contributed by atoms with van der Waals surface area (Å²) in [5.74, 6) is 0.860. The van der Waals surface area contributed by atoms with Crippen molar-refractivity contribution in [2.24, 2.45) is 0 Å². The third-order valence-electron chi connectivity index (χ3n) is 6.57. The van der Waals surface area contributed by atoms with E-state index in [0.29, 0.717) is 23.0 Å². The maximum absolute atomic E-state index is 13.8. The predicted molar refractivity (Wildman–Crippen MR) is 141 cm³/mol. The second-order valence-electron chi connectivity index (χ2n) is 8.78. The first-order valence-electron chi connectivity index (χ1n) is 11.9. The summed E-state index contributed by atoms with van der Waals surface area (Å²) in [4.78, 5) is 28.7. The third-order valence-corrected chi connectivity index (χ3v) is 8.77. The van der Waals surface area contributed by atoms with Gasteiger partial charge in [0.15, 0.2) is 10.9 Å². The average Bonchev–Trinajstić information content (AvgIpc) is 3.50. The largest absolute Gasteiger partial charge is 0.293 e. The van der Waals surface area contributed by atoms with Crippen LogP contribution in [0.15, 0.2) is 70.6 Å². The molecule has 0 spiro atoms. The van der Waals surface area contributed by atoms with E-state index in [9.17, 15) is 9.59 Å². The van der Waals surface area contributed by atoms with E-state index >= 15 is 0 Å². The van der Waals surface area contributed by atoms with Gasteiger partial charge in [-0.3, -0.25) is 14.2 Å². The van der Waals surface area contributed by atoms with E-state index in [4.69, 9.17) is 0 Å². The topological polar surface area (TPSA) is 69.3 Å². The van der Waals surface area contributed by atoms with Gasteiger partial charge < -0.3 is 0 Å². The van der Waals surface area contributed by atoms with E-state index < -0.39 is 0 Å². The second-order valence-corrected chi connectivity index (χ2v) is 10.8. The monoisotopic (exact) mass is 500 g/mol. The highest BCUT2D eigenvalue weighted by Gasteiger charge is 2.25. The van der Waals surface area contributed by atoms with Crippen molar-refractivity contribution in [3.8, 4) is 0 Å². The molecule has 0 amide bonds. The minimum atomic E-state index is 0.0205. The molecule has 0 unspecified atom stereocenters. The molecule has 3 heterocycles. The molecule has 0 bridgehead atoms. The van der Waals surface area contributed by atoms with Crippen LogP contribution in [0.1, 0.15) is 39.2 Å². The first-order chi connectivity index (χ1) is 17.2. The molecule has 176 valence electrons. The van der Waals surface area contributed by atoms with Crippen molar-refractivity contribution in [3.63, 3.8) is 0 Å². The van der Waals surface area contributed by atoms with E-state index in [1.165, 1.54) is 27.8 Å². The van der Waals surface area contributed by atoms with Crippen LogP contribution in [-0.2, 0) is 25.8 Å². The fraction of sp³-hybridized carbons (Fsp3) is 0.259. The summed E-state index contributed by atoms with van der Waals surface area (Å²) in [5.41, 5.74) is 3.08. The Morgan fingerprint density at radius 3 is 2.51 bits per heavy atom. The number of thioether (sulfide) groups is 1. The maximum Gasteiger partial charge on any atom is 0.263 e. The lowest BCUT2D eigenvalue weighted by Crippen LogP contribution is -2.24. The van der Waals surface area contributed by atoms with Gasteiger partial charge >= 0.3 is 0 Å². The van der Waals surface area contributed by atoms with Crippen molar-refractivity contribution in [2.45, 2.75) is 43.8 Å². The normalized spacial score (nSPS) is 13.4. The highest BCUT2D eigenvalue weighted by atomic mass is 32.2. The van der Waals surface area contributed by atoms with Gasteiger partial charge in [-0.25, -0.2) is 4.40 Å². The number of thiophene rings is 1. The fourth-order valence-electron chi connectivity index (χ4n) is 4.79. The molecule has 0 radical (unpaired) electrons. The van der Waals surface area contributed by atoms with E-state index in [1.54, 1.807) is 15.9 Å². The quantitative estimate of drug-likeness (QED) is 0.227. The van der Waals surface area contributed by atoms with Crippen LogP contribution in [0.25, 0.3) is 16.0 Å². The van der Waals surface area contributed by atoms with Crippen molar-refractivity contribution in [3.05, 3.63) is 92.6 Å². The molecule has 0 saturated heterocycles. The number of aromatic nitrogens is 4. The summed E-state index contributed by atoms with van der Waals surface area (Å²) in [6, 6.07) is 19.5. The van der Waals surface area contributed by atoms with Gasteiger partial charge in [0, 0.05) is 17.0 Å². The summed E-state index contributed by atoms with van der Waals surface area (Å²) in [6.07, 6.45) is 4.94. The summed E-state index contributed by atoms with van der Waals surface area (Å²) in [7, 11) is 0. The maximum atomic E-state index is 13.8. The standard InChI is InChI=1S/C27H24N4O2S2/c32-21(19-11-5-2-6-12-19)17-34-27-29-28-26-30(16-15-18-9-3-1-4-10-18)24(33)23-20-13-7-8-14-22(20)35-25(23)31(26)27/h1-6,9-12H,7-8,13-17H2. The van der Waals surface area contributed by atoms with E-state index in [-0.39, 0.29) is 17.1 Å². The molecule has 0 aliphatic heterocycles. The molecular weight excluding hydrogens is 476 g/mol. The zero-order chi connectivity index (χ0) is 23.8. The minimum Gasteiger partial charge on any atom is -0.293 e. The van der Waals surface area contributed by atoms with Gasteiger partial charge in [0.25, 0.3) is 5.56 Å². The minimum absolute atomic E-state index is 0.0205. The Balaban J connectivity index is 1.44. The smallest absolute Gasteiger partial charge is 0.263 e. The molecule has 0 atom stereocenters. The van der Waals surface area contributed by atoms with Crippen LogP contribution in [0.2, 0.25) is 0 Å². The third kappa shape index (κ3) is 4.10. The number of hydrogen-bond acceptors (Lipinski definition) is 6. The van der Waals surface area contributed by atoms with Crippen LogP contribution in [0, 0.1) is 0 Å². The van der Waals surface area contributed by atoms with Crippen molar-refractivity contribution in [2.75, 3.05) is 5.75 Å². The van der Waals surface area contributed by atoms with E-state index in [0.717, 1.165) is 42.3 Å². The Morgan fingerprint density at radius 1 is 0.971 bits per heavy atom. The molecule has 35 heavy (non-hydrogen) atoms. The molecule has 2 aromatic carbocycles. The van der Waals surface area contributed by atoms with Crippen LogP contribution >= 0.6 is 23.1 Å². The van der Waals surface area contributed by atoms with Crippen LogP contribution in [-0.4, -0.2) is 30.7 Å². The Bertz CT molecular complexity index is 1590. The van der Waals surface area contributed by atoms with Gasteiger partial charge in [0.05, 0.1) is 11.1 Å². The number of ketones is 1. The molecule has 6 rings (SSSR count). The van der Waals surface area contributed by atoms with Gasteiger partial charge in [-0.15, -0.1) is 21.5 Å². The predicted octanol–water partition coefficient (Wildman–Crippen LogP) is 5.20. The first-order valence-corrected chi connectivity index (χ1v) is 13.7. The fourth-order valence-corrected chi connectivity index (χ4v) is 7.05. The molecule has 0 fully saturated rings. The number of Topliss-reactive ketones (excluding diaryl/α,β-unsaturated/α-hetero) is 1. The van der Waals surface area contributed by atoms with E-state index in [1.807, 2.05) is 52.9 Å². The Labute approximate surface area is 210 Å². The van der Waals surface area contributed by atoms with Crippen LogP contribution in [0.4, 0.5) is 0 Å². The Kier molecular flexibility index (Phi) is 6.00. The number of fused-ring (bicyclic) bond motifs is 5. The molecule has 1 aliphatic rings. The number of carbonyl (C=O) groups is 1. The summed E-state index contributed by atoms with van der Waals surface area (Å²) >= 11 is 3.07. The number of aryl methyl sites for hydroxylation is 4. The summed E-state index contributed by atoms with van der Waals surface area (Å²) < 4.78 is 3.78. The lowest BCUT2D eigenvalue weighted by Gasteiger charge is -2.12. The molecule has 6 nitrogen and oxygen atoms in total. The lowest BCUT2D eigenvalue weighted by molar-refractivity contribution is 0.102. The van der Waals surface area contributed by atoms with Crippen LogP contribution in [0.5, 0.6) is 0 Å². The highest BCUT2D eigenvalue weighted by Crippen LogP contribution is 2.36. The SMILES string of the molecule is O=C(CSc1nnc2n(CCc3ccccc3)c(=O)c3c4c(sc3n12)CCCC4)c1ccccc1. The number of benzene rings is 2. The average molecular weight is 501 g/mol. The molecular formula is C27H24N4O2S2. The second kappa shape index (κ2) is 9.43. The van der Waals surface area contributed by atoms with Crippen molar-refractivity contribution in [1.82, 2.24) is 19.2 Å². The first kappa shape index (κ1) is 22.2. The van der Waals surface area contributed by atoms with Gasteiger partial charge in [0.1, 0.15) is 4.83 Å². The van der Waals surface area contributed by atoms with Gasteiger partial charge in [-0.2, -0.15) is 0 Å². The molecule has 8 heteroatoms. The molecule has 1 aliphatic carbocycles.